The number of carboxylic acid groups (broad SMARTS) is 1. The Morgan fingerprint density at radius 2 is 2.00 bits per heavy atom. The van der Waals surface area contributed by atoms with Crippen molar-refractivity contribution in [1.29, 1.82) is 0 Å². The van der Waals surface area contributed by atoms with Gasteiger partial charge in [-0.3, -0.25) is 4.79 Å². The van der Waals surface area contributed by atoms with Crippen LogP contribution < -0.4 is 0 Å². The van der Waals surface area contributed by atoms with E-state index in [0.29, 0.717) is 31.0 Å². The van der Waals surface area contributed by atoms with Gasteiger partial charge in [0.15, 0.2) is 5.82 Å². The van der Waals surface area contributed by atoms with Crippen molar-refractivity contribution < 1.29 is 14.4 Å². The lowest BCUT2D eigenvalue weighted by Gasteiger charge is -2.24. The number of carbonyl (C=O) groups is 1. The zero-order chi connectivity index (χ0) is 13.1. The summed E-state index contributed by atoms with van der Waals surface area (Å²) >= 11 is 0. The highest BCUT2D eigenvalue weighted by Crippen LogP contribution is 2.31. The molecule has 5 heteroatoms. The minimum atomic E-state index is -0.799. The van der Waals surface area contributed by atoms with Gasteiger partial charge < -0.3 is 9.63 Å². The van der Waals surface area contributed by atoms with Crippen LogP contribution in [0.15, 0.2) is 4.52 Å². The SMILES string of the molecule is CCC(CC)(Cc1nc(C(C)C)no1)C(=O)O. The molecule has 0 aromatic carbocycles. The average molecular weight is 240 g/mol. The molecule has 0 aliphatic carbocycles. The summed E-state index contributed by atoms with van der Waals surface area (Å²) in [7, 11) is 0. The zero-order valence-corrected chi connectivity index (χ0v) is 10.9. The molecule has 1 aromatic rings. The third kappa shape index (κ3) is 2.84. The number of carboxylic acids is 1. The van der Waals surface area contributed by atoms with Gasteiger partial charge in [-0.05, 0) is 12.8 Å². The highest BCUT2D eigenvalue weighted by molar-refractivity contribution is 5.74. The first kappa shape index (κ1) is 13.7. The summed E-state index contributed by atoms with van der Waals surface area (Å²) < 4.78 is 5.11. The van der Waals surface area contributed by atoms with Gasteiger partial charge in [-0.15, -0.1) is 0 Å². The van der Waals surface area contributed by atoms with Gasteiger partial charge >= 0.3 is 5.97 Å². The maximum Gasteiger partial charge on any atom is 0.310 e. The molecule has 0 spiro atoms. The number of aliphatic carboxylic acids is 1. The number of hydrogen-bond donors (Lipinski definition) is 1. The van der Waals surface area contributed by atoms with E-state index in [9.17, 15) is 9.90 Å². The van der Waals surface area contributed by atoms with E-state index in [1.54, 1.807) is 0 Å². The van der Waals surface area contributed by atoms with Gasteiger partial charge in [-0.1, -0.05) is 32.9 Å². The summed E-state index contributed by atoms with van der Waals surface area (Å²) in [5, 5.41) is 13.2. The molecule has 5 nitrogen and oxygen atoms in total. The van der Waals surface area contributed by atoms with Crippen LogP contribution in [-0.4, -0.2) is 21.2 Å². The second-order valence-electron chi connectivity index (χ2n) is 4.67. The lowest BCUT2D eigenvalue weighted by atomic mass is 9.79. The Kier molecular flexibility index (Phi) is 4.26. The Labute approximate surface area is 101 Å². The van der Waals surface area contributed by atoms with Crippen molar-refractivity contribution in [3.63, 3.8) is 0 Å². The molecule has 0 fully saturated rings. The predicted molar refractivity (Wildman–Crippen MR) is 62.7 cm³/mol. The molecule has 1 N–H and O–H groups in total. The van der Waals surface area contributed by atoms with Gasteiger partial charge in [0.25, 0.3) is 0 Å². The van der Waals surface area contributed by atoms with Crippen LogP contribution in [0.1, 0.15) is 58.2 Å². The Balaban J connectivity index is 2.90. The van der Waals surface area contributed by atoms with E-state index < -0.39 is 11.4 Å². The minimum absolute atomic E-state index is 0.190. The van der Waals surface area contributed by atoms with E-state index >= 15 is 0 Å². The Hall–Kier alpha value is -1.39. The van der Waals surface area contributed by atoms with E-state index in [2.05, 4.69) is 10.1 Å². The maximum atomic E-state index is 11.3. The molecule has 0 atom stereocenters. The van der Waals surface area contributed by atoms with Crippen LogP contribution in [0.4, 0.5) is 0 Å². The normalized spacial score (nSPS) is 12.1. The Morgan fingerprint density at radius 3 is 2.35 bits per heavy atom. The van der Waals surface area contributed by atoms with Gasteiger partial charge in [-0.25, -0.2) is 0 Å². The van der Waals surface area contributed by atoms with Crippen molar-refractivity contribution in [2.24, 2.45) is 5.41 Å². The Bertz CT molecular complexity index is 381. The van der Waals surface area contributed by atoms with Crippen LogP contribution in [-0.2, 0) is 11.2 Å². The van der Waals surface area contributed by atoms with Gasteiger partial charge in [-0.2, -0.15) is 4.98 Å². The molecule has 1 rings (SSSR count). The number of rotatable bonds is 6. The summed E-state index contributed by atoms with van der Waals surface area (Å²) in [4.78, 5) is 15.6. The molecule has 1 aromatic heterocycles. The first-order valence-corrected chi connectivity index (χ1v) is 6.01. The minimum Gasteiger partial charge on any atom is -0.481 e. The van der Waals surface area contributed by atoms with E-state index in [1.807, 2.05) is 27.7 Å². The van der Waals surface area contributed by atoms with Crippen molar-refractivity contribution in [2.45, 2.75) is 52.9 Å². The number of hydrogen-bond acceptors (Lipinski definition) is 4. The molecule has 0 saturated heterocycles. The fraction of sp³-hybridized carbons (Fsp3) is 0.750. The molecule has 0 saturated carbocycles. The van der Waals surface area contributed by atoms with Crippen LogP contribution in [0.3, 0.4) is 0 Å². The molecular formula is C12H20N2O3. The summed E-state index contributed by atoms with van der Waals surface area (Å²) in [5.41, 5.74) is -0.791. The van der Waals surface area contributed by atoms with Crippen LogP contribution in [0.5, 0.6) is 0 Å². The zero-order valence-electron chi connectivity index (χ0n) is 10.9. The summed E-state index contributed by atoms with van der Waals surface area (Å²) in [6.45, 7) is 7.69. The van der Waals surface area contributed by atoms with Crippen molar-refractivity contribution in [3.05, 3.63) is 11.7 Å². The molecule has 17 heavy (non-hydrogen) atoms. The van der Waals surface area contributed by atoms with Crippen molar-refractivity contribution in [2.75, 3.05) is 0 Å². The largest absolute Gasteiger partial charge is 0.481 e. The smallest absolute Gasteiger partial charge is 0.310 e. The van der Waals surface area contributed by atoms with Crippen LogP contribution >= 0.6 is 0 Å². The van der Waals surface area contributed by atoms with Crippen molar-refractivity contribution in [1.82, 2.24) is 10.1 Å². The predicted octanol–water partition coefficient (Wildman–Crippen LogP) is 2.63. The quantitative estimate of drug-likeness (QED) is 0.827. The fourth-order valence-electron chi connectivity index (χ4n) is 1.74. The first-order valence-electron chi connectivity index (χ1n) is 6.01. The molecule has 1 heterocycles. The molecular weight excluding hydrogens is 220 g/mol. The maximum absolute atomic E-state index is 11.3. The standard InChI is InChI=1S/C12H20N2O3/c1-5-12(6-2,11(15)16)7-9-13-10(8(3)4)14-17-9/h8H,5-7H2,1-4H3,(H,15,16). The monoisotopic (exact) mass is 240 g/mol. The van der Waals surface area contributed by atoms with E-state index in [4.69, 9.17) is 4.52 Å². The first-order chi connectivity index (χ1) is 7.95. The lowest BCUT2D eigenvalue weighted by molar-refractivity contribution is -0.149. The van der Waals surface area contributed by atoms with E-state index in [0.717, 1.165) is 0 Å². The average Bonchev–Trinajstić information content (AvgIpc) is 2.74. The Morgan fingerprint density at radius 1 is 1.41 bits per heavy atom. The molecule has 0 amide bonds. The van der Waals surface area contributed by atoms with Crippen LogP contribution in [0, 0.1) is 5.41 Å². The van der Waals surface area contributed by atoms with Crippen molar-refractivity contribution in [3.8, 4) is 0 Å². The van der Waals surface area contributed by atoms with Crippen LogP contribution in [0.25, 0.3) is 0 Å². The molecule has 96 valence electrons. The molecule has 0 aliphatic rings. The summed E-state index contributed by atoms with van der Waals surface area (Å²) in [5.74, 6) is 0.438. The second-order valence-corrected chi connectivity index (χ2v) is 4.67. The summed E-state index contributed by atoms with van der Waals surface area (Å²) in [6, 6.07) is 0. The lowest BCUT2D eigenvalue weighted by Crippen LogP contribution is -2.32. The number of nitrogens with zero attached hydrogens (tertiary/aromatic N) is 2. The third-order valence-electron chi connectivity index (χ3n) is 3.30. The third-order valence-corrected chi connectivity index (χ3v) is 3.30. The van der Waals surface area contributed by atoms with Gasteiger partial charge in [0.05, 0.1) is 5.41 Å². The van der Waals surface area contributed by atoms with Gasteiger partial charge in [0.1, 0.15) is 0 Å². The topological polar surface area (TPSA) is 76.2 Å². The van der Waals surface area contributed by atoms with Crippen LogP contribution in [0.2, 0.25) is 0 Å². The summed E-state index contributed by atoms with van der Waals surface area (Å²) in [6.07, 6.45) is 1.41. The van der Waals surface area contributed by atoms with E-state index in [-0.39, 0.29) is 5.92 Å². The second kappa shape index (κ2) is 5.29. The highest BCUT2D eigenvalue weighted by atomic mass is 16.5. The van der Waals surface area contributed by atoms with Crippen molar-refractivity contribution >= 4 is 5.97 Å². The molecule has 0 bridgehead atoms. The molecule has 0 radical (unpaired) electrons. The highest BCUT2D eigenvalue weighted by Gasteiger charge is 2.37. The fourth-order valence-corrected chi connectivity index (χ4v) is 1.74. The van der Waals surface area contributed by atoms with Gasteiger partial charge in [0.2, 0.25) is 5.89 Å². The van der Waals surface area contributed by atoms with Gasteiger partial charge in [0, 0.05) is 12.3 Å². The molecule has 0 unspecified atom stereocenters. The van der Waals surface area contributed by atoms with E-state index in [1.165, 1.54) is 0 Å². The molecule has 0 aliphatic heterocycles. The number of aromatic nitrogens is 2.